The summed E-state index contributed by atoms with van der Waals surface area (Å²) in [5.74, 6) is 0.584. The largest absolute Gasteiger partial charge is 0.336 e. The van der Waals surface area contributed by atoms with Crippen LogP contribution in [0.5, 0.6) is 0 Å². The van der Waals surface area contributed by atoms with Crippen molar-refractivity contribution >= 4 is 45.1 Å². The van der Waals surface area contributed by atoms with Gasteiger partial charge in [0.15, 0.2) is 0 Å². The van der Waals surface area contributed by atoms with Gasteiger partial charge < -0.3 is 4.90 Å². The topological polar surface area (TPSA) is 7.12 Å². The number of thiazole rings is 1. The lowest BCUT2D eigenvalue weighted by Crippen LogP contribution is -2.33. The molecule has 2 heterocycles. The van der Waals surface area contributed by atoms with Crippen molar-refractivity contribution in [1.82, 2.24) is 0 Å². The minimum atomic E-state index is 0.326. The van der Waals surface area contributed by atoms with Gasteiger partial charge >= 0.3 is 0 Å². The molecule has 0 amide bonds. The van der Waals surface area contributed by atoms with Crippen LogP contribution in [0.25, 0.3) is 16.3 Å². The molecule has 0 saturated heterocycles. The second-order valence-electron chi connectivity index (χ2n) is 9.78. The summed E-state index contributed by atoms with van der Waals surface area (Å²) in [6, 6.07) is 17.6. The Kier molecular flexibility index (Phi) is 5.94. The van der Waals surface area contributed by atoms with Gasteiger partial charge in [0, 0.05) is 23.6 Å². The van der Waals surface area contributed by atoms with E-state index in [4.69, 9.17) is 0 Å². The zero-order valence-corrected chi connectivity index (χ0v) is 21.2. The fourth-order valence-corrected chi connectivity index (χ4v) is 7.94. The van der Waals surface area contributed by atoms with E-state index in [1.54, 1.807) is 5.57 Å². The average molecular weight is 462 g/mol. The van der Waals surface area contributed by atoms with Crippen LogP contribution in [0.15, 0.2) is 70.1 Å². The first-order valence-corrected chi connectivity index (χ1v) is 13.5. The van der Waals surface area contributed by atoms with Crippen molar-refractivity contribution in [3.63, 3.8) is 0 Å². The highest BCUT2D eigenvalue weighted by Gasteiger charge is 2.33. The number of benzene rings is 2. The van der Waals surface area contributed by atoms with Crippen LogP contribution >= 0.6 is 23.1 Å². The molecular weight excluding hydrogens is 428 g/mol. The predicted octanol–water partition coefficient (Wildman–Crippen LogP) is 7.89. The molecule has 0 N–H and O–H groups in total. The summed E-state index contributed by atoms with van der Waals surface area (Å²) >= 11 is 3.87. The van der Waals surface area contributed by atoms with Crippen LogP contribution in [-0.2, 0) is 6.54 Å². The quantitative estimate of drug-likeness (QED) is 0.365. The number of anilines is 1. The third kappa shape index (κ3) is 4.15. The van der Waals surface area contributed by atoms with Crippen LogP contribution < -0.4 is 9.47 Å². The molecule has 5 rings (SSSR count). The second kappa shape index (κ2) is 8.72. The van der Waals surface area contributed by atoms with E-state index < -0.39 is 0 Å². The molecule has 1 unspecified atom stereocenters. The minimum absolute atomic E-state index is 0.326. The van der Waals surface area contributed by atoms with Gasteiger partial charge in [-0.1, -0.05) is 72.9 Å². The molecule has 1 aliphatic carbocycles. The molecule has 2 aliphatic rings. The third-order valence-electron chi connectivity index (χ3n) is 6.66. The monoisotopic (exact) mass is 461 g/mol. The van der Waals surface area contributed by atoms with E-state index in [0.717, 1.165) is 13.1 Å². The molecule has 166 valence electrons. The number of nitrogens with zero attached hydrogens (tertiary/aromatic N) is 2. The Morgan fingerprint density at radius 2 is 1.88 bits per heavy atom. The van der Waals surface area contributed by atoms with E-state index in [9.17, 15) is 0 Å². The van der Waals surface area contributed by atoms with E-state index >= 15 is 0 Å². The van der Waals surface area contributed by atoms with Gasteiger partial charge in [-0.3, -0.25) is 0 Å². The summed E-state index contributed by atoms with van der Waals surface area (Å²) in [4.78, 5) is 3.88. The molecule has 1 saturated carbocycles. The third-order valence-corrected chi connectivity index (χ3v) is 8.90. The van der Waals surface area contributed by atoms with Crippen LogP contribution in [0.1, 0.15) is 52.0 Å². The number of aromatic nitrogens is 1. The normalized spacial score (nSPS) is 22.8. The standard InChI is InChI=1S/C28H33N2S2/c1-5-29-22-11-7-9-13-24(22)31-26(29)16-20-15-21(19-28(3,4)18-20)17-27-30(6-2)23-12-8-10-14-25(23)32-27/h7-14,16-17,20H,5-6,15,18-19H2,1-4H3/q+1. The Bertz CT molecular complexity index is 1200. The first-order chi connectivity index (χ1) is 15.5. The average Bonchev–Trinajstić information content (AvgIpc) is 3.28. The number of hydrogen-bond acceptors (Lipinski definition) is 3. The number of allylic oxidation sites excluding steroid dienone is 2. The summed E-state index contributed by atoms with van der Waals surface area (Å²) in [6.07, 6.45) is 8.69. The number of thioether (sulfide) groups is 1. The first kappa shape index (κ1) is 21.8. The molecule has 1 aromatic heterocycles. The zero-order valence-electron chi connectivity index (χ0n) is 19.6. The number of fused-ring (bicyclic) bond motifs is 2. The van der Waals surface area contributed by atoms with Gasteiger partial charge in [-0.2, -0.15) is 4.57 Å². The van der Waals surface area contributed by atoms with Crippen molar-refractivity contribution < 1.29 is 4.57 Å². The van der Waals surface area contributed by atoms with Crippen LogP contribution in [0.3, 0.4) is 0 Å². The van der Waals surface area contributed by atoms with E-state index in [1.165, 1.54) is 50.1 Å². The van der Waals surface area contributed by atoms with Crippen molar-refractivity contribution in [3.8, 4) is 0 Å². The molecule has 2 nitrogen and oxygen atoms in total. The molecule has 0 radical (unpaired) electrons. The molecular formula is C28H33N2S2+. The highest BCUT2D eigenvalue weighted by Crippen LogP contribution is 2.49. The molecule has 32 heavy (non-hydrogen) atoms. The first-order valence-electron chi connectivity index (χ1n) is 11.8. The Labute approximate surface area is 200 Å². The summed E-state index contributed by atoms with van der Waals surface area (Å²) in [7, 11) is 0. The lowest BCUT2D eigenvalue weighted by atomic mass is 9.70. The summed E-state index contributed by atoms with van der Waals surface area (Å²) in [5, 5.41) is 2.81. The fourth-order valence-electron chi connectivity index (χ4n) is 5.47. The maximum absolute atomic E-state index is 2.57. The van der Waals surface area contributed by atoms with Crippen molar-refractivity contribution in [1.29, 1.82) is 0 Å². The summed E-state index contributed by atoms with van der Waals surface area (Å²) in [5.41, 5.74) is 4.65. The SMILES string of the molecule is CCN1C(=CC2CC(=Cc3sc4ccccc4[n+]3CC)CC(C)(C)C2)Sc2ccccc21. The van der Waals surface area contributed by atoms with Crippen LogP contribution in [-0.4, -0.2) is 6.54 Å². The maximum Gasteiger partial charge on any atom is 0.262 e. The van der Waals surface area contributed by atoms with E-state index in [1.807, 2.05) is 23.1 Å². The van der Waals surface area contributed by atoms with Crippen molar-refractivity contribution in [3.05, 3.63) is 70.2 Å². The molecule has 1 fully saturated rings. The summed E-state index contributed by atoms with van der Waals surface area (Å²) in [6.45, 7) is 11.4. The smallest absolute Gasteiger partial charge is 0.262 e. The Morgan fingerprint density at radius 3 is 2.69 bits per heavy atom. The maximum atomic E-state index is 2.57. The minimum Gasteiger partial charge on any atom is -0.336 e. The number of aryl methyl sites for hydroxylation is 1. The van der Waals surface area contributed by atoms with Crippen LogP contribution in [0, 0.1) is 11.3 Å². The fraction of sp³-hybridized carbons (Fsp3) is 0.393. The molecule has 0 bridgehead atoms. The molecule has 2 aromatic carbocycles. The predicted molar refractivity (Wildman–Crippen MR) is 140 cm³/mol. The van der Waals surface area contributed by atoms with Gasteiger partial charge in [0.1, 0.15) is 11.2 Å². The zero-order chi connectivity index (χ0) is 22.3. The molecule has 1 atom stereocenters. The lowest BCUT2D eigenvalue weighted by Gasteiger charge is -2.36. The van der Waals surface area contributed by atoms with Gasteiger partial charge in [-0.25, -0.2) is 0 Å². The molecule has 0 spiro atoms. The summed E-state index contributed by atoms with van der Waals surface area (Å²) < 4.78 is 3.86. The molecule has 3 aromatic rings. The van der Waals surface area contributed by atoms with Gasteiger partial charge in [0.25, 0.3) is 5.01 Å². The van der Waals surface area contributed by atoms with Crippen molar-refractivity contribution in [2.75, 3.05) is 11.4 Å². The Balaban J connectivity index is 1.46. The van der Waals surface area contributed by atoms with E-state index in [-0.39, 0.29) is 0 Å². The van der Waals surface area contributed by atoms with Crippen LogP contribution in [0.4, 0.5) is 5.69 Å². The number of para-hydroxylation sites is 2. The highest BCUT2D eigenvalue weighted by molar-refractivity contribution is 8.03. The Hall–Kier alpha value is -2.04. The van der Waals surface area contributed by atoms with Crippen molar-refractivity contribution in [2.45, 2.75) is 58.4 Å². The number of hydrogen-bond donors (Lipinski definition) is 0. The van der Waals surface area contributed by atoms with Gasteiger partial charge in [-0.05, 0) is 62.6 Å². The van der Waals surface area contributed by atoms with E-state index in [2.05, 4.69) is 97.8 Å². The van der Waals surface area contributed by atoms with Gasteiger partial charge in [0.05, 0.1) is 10.7 Å². The highest BCUT2D eigenvalue weighted by atomic mass is 32.2. The Morgan fingerprint density at radius 1 is 1.09 bits per heavy atom. The molecule has 4 heteroatoms. The number of rotatable bonds is 4. The van der Waals surface area contributed by atoms with Crippen LogP contribution in [0.2, 0.25) is 0 Å². The lowest BCUT2D eigenvalue weighted by molar-refractivity contribution is -0.665. The van der Waals surface area contributed by atoms with E-state index in [0.29, 0.717) is 11.3 Å². The second-order valence-corrected chi connectivity index (χ2v) is 11.9. The van der Waals surface area contributed by atoms with Crippen molar-refractivity contribution in [2.24, 2.45) is 11.3 Å². The van der Waals surface area contributed by atoms with Gasteiger partial charge in [0.2, 0.25) is 5.52 Å². The van der Waals surface area contributed by atoms with Gasteiger partial charge in [-0.15, -0.1) is 0 Å². The molecule has 1 aliphatic heterocycles.